The molecule has 1 heterocycles. The number of likely N-dealkylation sites (N-methyl/N-ethyl adjacent to an activating group) is 1. The van der Waals surface area contributed by atoms with Gasteiger partial charge in [-0.1, -0.05) is 20.8 Å². The quantitative estimate of drug-likeness (QED) is 0.573. The first-order valence-electron chi connectivity index (χ1n) is 12.1. The predicted molar refractivity (Wildman–Crippen MR) is 128 cm³/mol. The van der Waals surface area contributed by atoms with Crippen molar-refractivity contribution in [2.24, 2.45) is 23.2 Å². The number of anilines is 1. The fraction of sp³-hybridized carbons (Fsp3) is 0.792. The Balaban J connectivity index is 1.82. The van der Waals surface area contributed by atoms with E-state index in [9.17, 15) is 14.7 Å². The third kappa shape index (κ3) is 4.73. The Bertz CT molecular complexity index is 837. The summed E-state index contributed by atoms with van der Waals surface area (Å²) >= 11 is 1.58. The first kappa shape index (κ1) is 25.1. The van der Waals surface area contributed by atoms with Crippen molar-refractivity contribution in [3.05, 3.63) is 10.6 Å². The van der Waals surface area contributed by atoms with Crippen LogP contribution in [0, 0.1) is 23.2 Å². The molecule has 3 N–H and O–H groups in total. The average Bonchev–Trinajstić information content (AvgIpc) is 3.09. The lowest BCUT2D eigenvalue weighted by atomic mass is 9.53. The van der Waals surface area contributed by atoms with Gasteiger partial charge in [0.2, 0.25) is 5.91 Å². The first-order valence-corrected chi connectivity index (χ1v) is 12.9. The van der Waals surface area contributed by atoms with Crippen LogP contribution in [-0.2, 0) is 16.0 Å². The van der Waals surface area contributed by atoms with Crippen LogP contribution in [0.5, 0.6) is 0 Å². The standard InChI is InChI=1S/C24H40N4O3S/c1-8-28(9-2)22(31)14(3)16-10-11-24(5)12-17-20(15(4)19(24)21(16)30)26-23(32-17)25-18(29)13-27(6)7/h14-16,19,21,30H,8-13H2,1-7H3,(H,25,26,29)/p+1/t14-,15-,16-,19+,21-,24+/m0/s1. The number of aliphatic hydroxyl groups is 1. The Morgan fingerprint density at radius 2 is 2.00 bits per heavy atom. The third-order valence-corrected chi connectivity index (χ3v) is 8.78. The summed E-state index contributed by atoms with van der Waals surface area (Å²) in [4.78, 5) is 34.2. The number of hydrogen-bond donors (Lipinski definition) is 3. The zero-order valence-corrected chi connectivity index (χ0v) is 21.5. The van der Waals surface area contributed by atoms with Crippen LogP contribution < -0.4 is 10.2 Å². The van der Waals surface area contributed by atoms with Gasteiger partial charge in [0.15, 0.2) is 11.7 Å². The molecule has 1 aromatic rings. The van der Waals surface area contributed by atoms with E-state index >= 15 is 0 Å². The molecule has 0 spiro atoms. The van der Waals surface area contributed by atoms with Crippen LogP contribution in [0.4, 0.5) is 5.13 Å². The van der Waals surface area contributed by atoms with Gasteiger partial charge < -0.3 is 14.9 Å². The highest BCUT2D eigenvalue weighted by molar-refractivity contribution is 7.15. The molecule has 0 saturated heterocycles. The lowest BCUT2D eigenvalue weighted by molar-refractivity contribution is -0.849. The summed E-state index contributed by atoms with van der Waals surface area (Å²) < 4.78 is 0. The van der Waals surface area contributed by atoms with Crippen molar-refractivity contribution in [2.45, 2.75) is 65.9 Å². The van der Waals surface area contributed by atoms with Crippen LogP contribution in [0.3, 0.4) is 0 Å². The number of thiazole rings is 1. The maximum Gasteiger partial charge on any atom is 0.281 e. The molecule has 2 aliphatic rings. The van der Waals surface area contributed by atoms with Gasteiger partial charge in [-0.3, -0.25) is 14.9 Å². The molecule has 1 aromatic heterocycles. The molecule has 6 atom stereocenters. The number of fused-ring (bicyclic) bond motifs is 2. The molecule has 8 heteroatoms. The number of aromatic nitrogens is 1. The molecule has 3 rings (SSSR count). The third-order valence-electron chi connectivity index (χ3n) is 7.79. The van der Waals surface area contributed by atoms with Crippen molar-refractivity contribution in [1.82, 2.24) is 9.88 Å². The highest BCUT2D eigenvalue weighted by Gasteiger charge is 2.54. The second kappa shape index (κ2) is 9.77. The van der Waals surface area contributed by atoms with E-state index in [0.29, 0.717) is 24.8 Å². The molecule has 180 valence electrons. The zero-order valence-electron chi connectivity index (χ0n) is 20.7. The summed E-state index contributed by atoms with van der Waals surface area (Å²) in [6, 6.07) is 0. The van der Waals surface area contributed by atoms with Crippen LogP contribution in [0.15, 0.2) is 0 Å². The molecule has 0 aromatic carbocycles. The Hall–Kier alpha value is -1.51. The summed E-state index contributed by atoms with van der Waals surface area (Å²) in [5, 5.41) is 15.2. The molecule has 0 aliphatic heterocycles. The van der Waals surface area contributed by atoms with Gasteiger partial charge in [-0.15, -0.1) is 11.3 Å². The molecular weight excluding hydrogens is 424 g/mol. The Morgan fingerprint density at radius 1 is 1.34 bits per heavy atom. The number of hydrogen-bond acceptors (Lipinski definition) is 5. The van der Waals surface area contributed by atoms with Gasteiger partial charge in [-0.2, -0.15) is 0 Å². The maximum atomic E-state index is 13.0. The van der Waals surface area contributed by atoms with E-state index in [1.54, 1.807) is 11.3 Å². The van der Waals surface area contributed by atoms with Crippen LogP contribution in [0.25, 0.3) is 0 Å². The molecule has 0 radical (unpaired) electrons. The SMILES string of the molecule is CCN(CC)C(=O)[C@@H](C)[C@@H]1CC[C@]2(C)Cc3sc(NC(=O)C[NH+](C)C)nc3[C@@H](C)[C@@H]2[C@H]1O. The number of amides is 2. The first-order chi connectivity index (χ1) is 15.0. The second-order valence-corrected chi connectivity index (χ2v) is 11.5. The van der Waals surface area contributed by atoms with E-state index in [-0.39, 0.29) is 40.9 Å². The predicted octanol–water partition coefficient (Wildman–Crippen LogP) is 1.78. The zero-order chi connectivity index (χ0) is 23.8. The monoisotopic (exact) mass is 465 g/mol. The minimum Gasteiger partial charge on any atom is -0.392 e. The summed E-state index contributed by atoms with van der Waals surface area (Å²) in [6.07, 6.45) is 2.18. The number of aliphatic hydroxyl groups excluding tert-OH is 1. The number of nitrogens with zero attached hydrogens (tertiary/aromatic N) is 2. The minimum absolute atomic E-state index is 0.0259. The summed E-state index contributed by atoms with van der Waals surface area (Å²) in [7, 11) is 3.90. The topological polar surface area (TPSA) is 87.0 Å². The highest BCUT2D eigenvalue weighted by Crippen LogP contribution is 2.57. The molecule has 1 fully saturated rings. The number of rotatable bonds is 7. The fourth-order valence-corrected chi connectivity index (χ4v) is 7.37. The van der Waals surface area contributed by atoms with E-state index in [0.717, 1.165) is 29.9 Å². The van der Waals surface area contributed by atoms with Gasteiger partial charge in [0.05, 0.1) is 25.9 Å². The van der Waals surface area contributed by atoms with E-state index in [1.807, 2.05) is 39.8 Å². The molecule has 2 amide bonds. The van der Waals surface area contributed by atoms with Crippen LogP contribution >= 0.6 is 11.3 Å². The lowest BCUT2D eigenvalue weighted by Crippen LogP contribution is -3.06. The van der Waals surface area contributed by atoms with Crippen LogP contribution in [-0.4, -0.2) is 66.6 Å². The van der Waals surface area contributed by atoms with Gasteiger partial charge in [0.1, 0.15) is 0 Å². The second-order valence-electron chi connectivity index (χ2n) is 10.4. The van der Waals surface area contributed by atoms with Gasteiger partial charge in [0.25, 0.3) is 5.91 Å². The molecule has 7 nitrogen and oxygen atoms in total. The van der Waals surface area contributed by atoms with E-state index in [2.05, 4.69) is 19.2 Å². The molecule has 2 aliphatic carbocycles. The highest BCUT2D eigenvalue weighted by atomic mass is 32.1. The smallest absolute Gasteiger partial charge is 0.281 e. The van der Waals surface area contributed by atoms with Crippen molar-refractivity contribution in [1.29, 1.82) is 0 Å². The normalized spacial score (nSPS) is 30.4. The Labute approximate surface area is 196 Å². The fourth-order valence-electron chi connectivity index (χ4n) is 6.09. The molecule has 32 heavy (non-hydrogen) atoms. The summed E-state index contributed by atoms with van der Waals surface area (Å²) in [6.45, 7) is 12.2. The van der Waals surface area contributed by atoms with Gasteiger partial charge in [-0.25, -0.2) is 4.98 Å². The van der Waals surface area contributed by atoms with Crippen molar-refractivity contribution in [3.8, 4) is 0 Å². The minimum atomic E-state index is -0.538. The Morgan fingerprint density at radius 3 is 2.59 bits per heavy atom. The van der Waals surface area contributed by atoms with Crippen LogP contribution in [0.2, 0.25) is 0 Å². The number of carbonyl (C=O) groups excluding carboxylic acids is 2. The van der Waals surface area contributed by atoms with Crippen molar-refractivity contribution >= 4 is 28.3 Å². The van der Waals surface area contributed by atoms with Gasteiger partial charge in [-0.05, 0) is 50.4 Å². The number of nitrogens with one attached hydrogen (secondary N) is 2. The van der Waals surface area contributed by atoms with E-state index in [4.69, 9.17) is 4.98 Å². The molecule has 1 saturated carbocycles. The van der Waals surface area contributed by atoms with Crippen molar-refractivity contribution in [3.63, 3.8) is 0 Å². The summed E-state index contributed by atoms with van der Waals surface area (Å²) in [5.41, 5.74) is 0.981. The van der Waals surface area contributed by atoms with E-state index < -0.39 is 6.10 Å². The van der Waals surface area contributed by atoms with Gasteiger partial charge in [0, 0.05) is 29.8 Å². The van der Waals surface area contributed by atoms with Crippen molar-refractivity contribution < 1.29 is 19.6 Å². The van der Waals surface area contributed by atoms with Crippen molar-refractivity contribution in [2.75, 3.05) is 39.0 Å². The number of carbonyl (C=O) groups is 2. The van der Waals surface area contributed by atoms with E-state index in [1.165, 1.54) is 4.88 Å². The largest absolute Gasteiger partial charge is 0.392 e. The average molecular weight is 466 g/mol. The van der Waals surface area contributed by atoms with Crippen LogP contribution in [0.1, 0.15) is 63.9 Å². The number of quaternary nitrogens is 1. The Kier molecular flexibility index (Phi) is 7.67. The lowest BCUT2D eigenvalue weighted by Gasteiger charge is -2.53. The molecule has 0 bridgehead atoms. The summed E-state index contributed by atoms with van der Waals surface area (Å²) in [5.74, 6) is 0.0221. The van der Waals surface area contributed by atoms with Gasteiger partial charge >= 0.3 is 0 Å². The molecular formula is C24H41N4O3S+. The maximum absolute atomic E-state index is 13.0. The molecule has 0 unspecified atom stereocenters.